The van der Waals surface area contributed by atoms with Crippen molar-refractivity contribution in [3.8, 4) is 5.82 Å². The molecule has 2 aromatic rings. The Morgan fingerprint density at radius 1 is 1.40 bits per heavy atom. The molecule has 0 unspecified atom stereocenters. The average Bonchev–Trinajstić information content (AvgIpc) is 3.17. The molecule has 1 N–H and O–H groups in total. The van der Waals surface area contributed by atoms with Crippen molar-refractivity contribution < 1.29 is 14.3 Å². The largest absolute Gasteiger partial charge is 0.450 e. The molecule has 0 spiro atoms. The van der Waals surface area contributed by atoms with E-state index >= 15 is 0 Å². The van der Waals surface area contributed by atoms with Crippen LogP contribution in [-0.4, -0.2) is 56.3 Å². The monoisotopic (exact) mass is 344 g/mol. The molecule has 0 bridgehead atoms. The molecule has 9 nitrogen and oxygen atoms in total. The summed E-state index contributed by atoms with van der Waals surface area (Å²) in [4.78, 5) is 34.0. The molecule has 2 amide bonds. The number of piperidine rings is 1. The van der Waals surface area contributed by atoms with E-state index in [-0.39, 0.29) is 17.9 Å². The lowest BCUT2D eigenvalue weighted by atomic mass is 9.97. The highest BCUT2D eigenvalue weighted by molar-refractivity contribution is 5.92. The highest BCUT2D eigenvalue weighted by Gasteiger charge is 2.29. The molecule has 3 rings (SSSR count). The summed E-state index contributed by atoms with van der Waals surface area (Å²) in [6.07, 6.45) is 5.70. The summed E-state index contributed by atoms with van der Waals surface area (Å²) in [5.41, 5.74) is 0.599. The number of anilines is 1. The van der Waals surface area contributed by atoms with Gasteiger partial charge in [0.2, 0.25) is 5.91 Å². The van der Waals surface area contributed by atoms with Crippen LogP contribution in [0.1, 0.15) is 19.8 Å². The van der Waals surface area contributed by atoms with Crippen molar-refractivity contribution in [3.05, 3.63) is 31.0 Å². The van der Waals surface area contributed by atoms with Gasteiger partial charge in [-0.3, -0.25) is 4.79 Å². The molecular weight excluding hydrogens is 324 g/mol. The Kier molecular flexibility index (Phi) is 5.22. The number of aromatic nitrogens is 4. The van der Waals surface area contributed by atoms with Crippen LogP contribution in [0.5, 0.6) is 0 Å². The average molecular weight is 344 g/mol. The first kappa shape index (κ1) is 16.9. The van der Waals surface area contributed by atoms with Gasteiger partial charge in [-0.2, -0.15) is 5.10 Å². The molecular formula is C16H20N6O3. The molecule has 25 heavy (non-hydrogen) atoms. The van der Waals surface area contributed by atoms with Crippen LogP contribution in [-0.2, 0) is 9.53 Å². The zero-order valence-corrected chi connectivity index (χ0v) is 14.0. The number of rotatable bonds is 4. The fraction of sp³-hybridized carbons (Fsp3) is 0.438. The van der Waals surface area contributed by atoms with Gasteiger partial charge in [0, 0.05) is 13.1 Å². The summed E-state index contributed by atoms with van der Waals surface area (Å²) in [7, 11) is 0. The molecule has 1 atom stereocenters. The molecule has 1 fully saturated rings. The predicted octanol–water partition coefficient (Wildman–Crippen LogP) is 1.47. The molecule has 3 heterocycles. The number of pyridine rings is 1. The van der Waals surface area contributed by atoms with Gasteiger partial charge in [0.15, 0.2) is 5.82 Å². The summed E-state index contributed by atoms with van der Waals surface area (Å²) in [6.45, 7) is 3.09. The first-order valence-corrected chi connectivity index (χ1v) is 8.21. The number of amides is 2. The van der Waals surface area contributed by atoms with Crippen LogP contribution in [0.2, 0.25) is 0 Å². The molecule has 132 valence electrons. The second kappa shape index (κ2) is 7.73. The van der Waals surface area contributed by atoms with Gasteiger partial charge in [-0.25, -0.2) is 19.4 Å². The fourth-order valence-corrected chi connectivity index (χ4v) is 2.74. The number of carbonyl (C=O) groups excluding carboxylic acids is 2. The second-order valence-electron chi connectivity index (χ2n) is 5.72. The molecule has 1 saturated heterocycles. The van der Waals surface area contributed by atoms with E-state index in [1.54, 1.807) is 36.5 Å². The summed E-state index contributed by atoms with van der Waals surface area (Å²) >= 11 is 0. The molecule has 2 aromatic heterocycles. The lowest BCUT2D eigenvalue weighted by Gasteiger charge is -2.31. The van der Waals surface area contributed by atoms with E-state index in [9.17, 15) is 9.59 Å². The normalized spacial score (nSPS) is 17.2. The lowest BCUT2D eigenvalue weighted by molar-refractivity contribution is -0.121. The van der Waals surface area contributed by atoms with Crippen LogP contribution in [0, 0.1) is 5.92 Å². The number of ether oxygens (including phenoxy) is 1. The van der Waals surface area contributed by atoms with E-state index in [1.165, 1.54) is 11.0 Å². The first-order chi connectivity index (χ1) is 12.2. The van der Waals surface area contributed by atoms with E-state index in [1.807, 2.05) is 0 Å². The summed E-state index contributed by atoms with van der Waals surface area (Å²) < 4.78 is 6.54. The third-order valence-electron chi connectivity index (χ3n) is 3.99. The van der Waals surface area contributed by atoms with Crippen molar-refractivity contribution in [1.29, 1.82) is 0 Å². The lowest BCUT2D eigenvalue weighted by Crippen LogP contribution is -2.44. The van der Waals surface area contributed by atoms with Gasteiger partial charge in [0.25, 0.3) is 0 Å². The zero-order valence-electron chi connectivity index (χ0n) is 14.0. The number of nitrogens with zero attached hydrogens (tertiary/aromatic N) is 5. The predicted molar refractivity (Wildman–Crippen MR) is 89.1 cm³/mol. The Balaban J connectivity index is 1.59. The highest BCUT2D eigenvalue weighted by atomic mass is 16.6. The molecule has 0 saturated carbocycles. The van der Waals surface area contributed by atoms with Gasteiger partial charge in [-0.05, 0) is 31.9 Å². The van der Waals surface area contributed by atoms with Crippen molar-refractivity contribution in [2.45, 2.75) is 19.8 Å². The van der Waals surface area contributed by atoms with Gasteiger partial charge in [-0.1, -0.05) is 0 Å². The fourth-order valence-electron chi connectivity index (χ4n) is 2.74. The van der Waals surface area contributed by atoms with Crippen LogP contribution in [0.3, 0.4) is 0 Å². The number of nitrogens with one attached hydrogen (secondary N) is 1. The highest BCUT2D eigenvalue weighted by Crippen LogP contribution is 2.19. The van der Waals surface area contributed by atoms with E-state index in [0.717, 1.165) is 12.8 Å². The summed E-state index contributed by atoms with van der Waals surface area (Å²) in [5, 5.41) is 6.85. The minimum Gasteiger partial charge on any atom is -0.450 e. The van der Waals surface area contributed by atoms with Gasteiger partial charge in [0.1, 0.15) is 12.7 Å². The van der Waals surface area contributed by atoms with Gasteiger partial charge in [-0.15, -0.1) is 0 Å². The molecule has 0 radical (unpaired) electrons. The van der Waals surface area contributed by atoms with Crippen LogP contribution < -0.4 is 5.32 Å². The molecule has 0 aromatic carbocycles. The van der Waals surface area contributed by atoms with Gasteiger partial charge < -0.3 is 15.0 Å². The number of carbonyl (C=O) groups is 2. The molecule has 9 heteroatoms. The van der Waals surface area contributed by atoms with Crippen molar-refractivity contribution in [2.24, 2.45) is 5.92 Å². The topological polar surface area (TPSA) is 102 Å². The Labute approximate surface area is 145 Å². The number of hydrogen-bond acceptors (Lipinski definition) is 6. The van der Waals surface area contributed by atoms with E-state index in [0.29, 0.717) is 31.2 Å². The second-order valence-corrected chi connectivity index (χ2v) is 5.72. The van der Waals surface area contributed by atoms with Crippen LogP contribution in [0.15, 0.2) is 31.0 Å². The Morgan fingerprint density at radius 2 is 2.28 bits per heavy atom. The van der Waals surface area contributed by atoms with Crippen molar-refractivity contribution in [3.63, 3.8) is 0 Å². The standard InChI is InChI=1S/C16H20N6O3/c1-2-25-16(24)21-7-3-4-12(9-21)15(23)20-13-5-6-14(18-8-13)22-11-17-10-19-22/h5-6,8,10-12H,2-4,7,9H2,1H3,(H,20,23)/t12-/m0/s1. The third kappa shape index (κ3) is 4.11. The molecule has 1 aliphatic heterocycles. The molecule has 1 aliphatic rings. The van der Waals surface area contributed by atoms with E-state index < -0.39 is 0 Å². The first-order valence-electron chi connectivity index (χ1n) is 8.21. The minimum atomic E-state index is -0.362. The Bertz CT molecular complexity index is 716. The van der Waals surface area contributed by atoms with Gasteiger partial charge >= 0.3 is 6.09 Å². The van der Waals surface area contributed by atoms with Crippen molar-refractivity contribution in [1.82, 2.24) is 24.6 Å². The van der Waals surface area contributed by atoms with E-state index in [2.05, 4.69) is 20.4 Å². The number of likely N-dealkylation sites (tertiary alicyclic amines) is 1. The maximum Gasteiger partial charge on any atom is 0.409 e. The third-order valence-corrected chi connectivity index (χ3v) is 3.99. The summed E-state index contributed by atoms with van der Waals surface area (Å²) in [6, 6.07) is 3.50. The maximum absolute atomic E-state index is 12.5. The van der Waals surface area contributed by atoms with Crippen LogP contribution >= 0.6 is 0 Å². The van der Waals surface area contributed by atoms with Crippen LogP contribution in [0.25, 0.3) is 5.82 Å². The van der Waals surface area contributed by atoms with Crippen LogP contribution in [0.4, 0.5) is 10.5 Å². The molecule has 0 aliphatic carbocycles. The Hall–Kier alpha value is -2.97. The maximum atomic E-state index is 12.5. The van der Waals surface area contributed by atoms with Crippen molar-refractivity contribution in [2.75, 3.05) is 25.0 Å². The van der Waals surface area contributed by atoms with Crippen molar-refractivity contribution >= 4 is 17.7 Å². The quantitative estimate of drug-likeness (QED) is 0.901. The van der Waals surface area contributed by atoms with Gasteiger partial charge in [0.05, 0.1) is 24.4 Å². The zero-order chi connectivity index (χ0) is 17.6. The smallest absolute Gasteiger partial charge is 0.409 e. The SMILES string of the molecule is CCOC(=O)N1CCC[C@H](C(=O)Nc2ccc(-n3cncn3)nc2)C1. The summed E-state index contributed by atoms with van der Waals surface area (Å²) in [5.74, 6) is 0.235. The van der Waals surface area contributed by atoms with E-state index in [4.69, 9.17) is 4.74 Å². The Morgan fingerprint density at radius 3 is 2.96 bits per heavy atom. The minimum absolute atomic E-state index is 0.121. The number of hydrogen-bond donors (Lipinski definition) is 1.